The minimum absolute atomic E-state index is 0.0302. The maximum absolute atomic E-state index is 12.7. The average Bonchev–Trinajstić information content (AvgIpc) is 3.03. The van der Waals surface area contributed by atoms with Crippen molar-refractivity contribution in [3.05, 3.63) is 83.4 Å². The summed E-state index contributed by atoms with van der Waals surface area (Å²) in [6.45, 7) is 7.35. The van der Waals surface area contributed by atoms with Crippen LogP contribution in [0.15, 0.2) is 66.7 Å². The van der Waals surface area contributed by atoms with Gasteiger partial charge in [-0.2, -0.15) is 0 Å². The van der Waals surface area contributed by atoms with Crippen LogP contribution < -0.4 is 16.4 Å². The van der Waals surface area contributed by atoms with Crippen LogP contribution in [-0.2, 0) is 19.0 Å². The van der Waals surface area contributed by atoms with Crippen LogP contribution in [-0.4, -0.2) is 69.6 Å². The minimum Gasteiger partial charge on any atom is -0.382 e. The van der Waals surface area contributed by atoms with Crippen molar-refractivity contribution in [2.75, 3.05) is 56.8 Å². The fraction of sp³-hybridized carbons (Fsp3) is 0.353. The van der Waals surface area contributed by atoms with Gasteiger partial charge in [-0.1, -0.05) is 50.2 Å². The number of amides is 2. The molecule has 0 heterocycles. The van der Waals surface area contributed by atoms with Gasteiger partial charge in [0.2, 0.25) is 11.8 Å². The number of nitrogens with two attached hydrogens (primary N) is 1. The first-order chi connectivity index (χ1) is 21.2. The van der Waals surface area contributed by atoms with E-state index in [9.17, 15) is 19.2 Å². The van der Waals surface area contributed by atoms with E-state index in [1.54, 1.807) is 42.5 Å². The number of ketones is 2. The Kier molecular flexibility index (Phi) is 13.7. The molecule has 1 unspecified atom stereocenters. The van der Waals surface area contributed by atoms with Crippen molar-refractivity contribution in [3.63, 3.8) is 0 Å². The first-order valence-electron chi connectivity index (χ1n) is 14.7. The number of benzene rings is 3. The molecule has 2 amide bonds. The molecule has 3 aromatic rings. The second-order valence-corrected chi connectivity index (χ2v) is 10.2. The second-order valence-electron chi connectivity index (χ2n) is 10.2. The quantitative estimate of drug-likeness (QED) is 0.128. The average molecular weight is 604 g/mol. The highest BCUT2D eigenvalue weighted by atomic mass is 16.5. The Morgan fingerprint density at radius 3 is 1.98 bits per heavy atom. The molecular formula is C34H41N3O7. The van der Waals surface area contributed by atoms with E-state index in [2.05, 4.69) is 10.6 Å². The lowest BCUT2D eigenvalue weighted by Crippen LogP contribution is -2.20. The molecule has 0 aliphatic carbocycles. The smallest absolute Gasteiger partial charge is 0.250 e. The van der Waals surface area contributed by atoms with E-state index in [-0.39, 0.29) is 36.6 Å². The third kappa shape index (κ3) is 10.4. The number of hydrogen-bond acceptors (Lipinski definition) is 8. The highest BCUT2D eigenvalue weighted by Crippen LogP contribution is 2.24. The van der Waals surface area contributed by atoms with Crippen molar-refractivity contribution in [1.82, 2.24) is 0 Å². The molecule has 0 bridgehead atoms. The van der Waals surface area contributed by atoms with Gasteiger partial charge in [-0.05, 0) is 54.8 Å². The molecule has 3 rings (SSSR count). The summed E-state index contributed by atoms with van der Waals surface area (Å²) in [6.07, 6.45) is 0.709. The molecular weight excluding hydrogens is 562 g/mol. The minimum atomic E-state index is -0.473. The Morgan fingerprint density at radius 2 is 1.39 bits per heavy atom. The molecule has 44 heavy (non-hydrogen) atoms. The van der Waals surface area contributed by atoms with Crippen LogP contribution >= 0.6 is 0 Å². The van der Waals surface area contributed by atoms with Crippen molar-refractivity contribution in [2.24, 2.45) is 11.7 Å². The van der Waals surface area contributed by atoms with Gasteiger partial charge in [0.25, 0.3) is 0 Å². The molecule has 3 aromatic carbocycles. The van der Waals surface area contributed by atoms with Crippen LogP contribution in [0.25, 0.3) is 11.1 Å². The number of anilines is 2. The van der Waals surface area contributed by atoms with Crippen molar-refractivity contribution in [1.29, 1.82) is 0 Å². The molecule has 0 aromatic heterocycles. The van der Waals surface area contributed by atoms with Crippen molar-refractivity contribution in [2.45, 2.75) is 27.2 Å². The van der Waals surface area contributed by atoms with E-state index in [0.29, 0.717) is 67.5 Å². The Bertz CT molecular complexity index is 1410. The highest BCUT2D eigenvalue weighted by Gasteiger charge is 2.21. The van der Waals surface area contributed by atoms with Gasteiger partial charge in [-0.15, -0.1) is 0 Å². The van der Waals surface area contributed by atoms with Crippen molar-refractivity contribution < 1.29 is 33.4 Å². The van der Waals surface area contributed by atoms with E-state index in [1.807, 2.05) is 38.1 Å². The predicted molar refractivity (Wildman–Crippen MR) is 170 cm³/mol. The number of carbonyl (C=O) groups excluding carboxylic acids is 4. The number of hydrogen-bond donors (Lipinski definition) is 3. The topological polar surface area (TPSA) is 146 Å². The third-order valence-corrected chi connectivity index (χ3v) is 6.95. The summed E-state index contributed by atoms with van der Waals surface area (Å²) >= 11 is 0. The molecule has 0 saturated carbocycles. The molecule has 0 aliphatic heterocycles. The van der Waals surface area contributed by atoms with Gasteiger partial charge in [0.05, 0.1) is 38.6 Å². The van der Waals surface area contributed by atoms with E-state index in [4.69, 9.17) is 19.9 Å². The number of rotatable bonds is 19. The van der Waals surface area contributed by atoms with Crippen LogP contribution in [0.4, 0.5) is 11.4 Å². The molecule has 0 aliphatic rings. The first kappa shape index (κ1) is 34.1. The molecule has 234 valence electrons. The van der Waals surface area contributed by atoms with Crippen LogP contribution in [0.2, 0.25) is 0 Å². The summed E-state index contributed by atoms with van der Waals surface area (Å²) in [5.74, 6) is -1.09. The predicted octanol–water partition coefficient (Wildman–Crippen LogP) is 4.98. The van der Waals surface area contributed by atoms with Crippen LogP contribution in [0.5, 0.6) is 0 Å². The number of Topliss-reactive ketones (excluding diaryl/α,β-unsaturated/α-hetero) is 2. The van der Waals surface area contributed by atoms with Gasteiger partial charge in [0, 0.05) is 35.0 Å². The lowest BCUT2D eigenvalue weighted by molar-refractivity contribution is -0.121. The SMILES string of the molecule is CCC(C)C(=O)c1cccc(NCCOCCOCCOCC(=O)Nc2ccc(-c3ccc(C(N)=O)cc3)cc2)c1C(C)=O. The summed E-state index contributed by atoms with van der Waals surface area (Å²) in [7, 11) is 0. The zero-order chi connectivity index (χ0) is 31.9. The fourth-order valence-corrected chi connectivity index (χ4v) is 4.37. The van der Waals surface area contributed by atoms with Crippen molar-refractivity contribution >= 4 is 34.8 Å². The second kappa shape index (κ2) is 17.7. The van der Waals surface area contributed by atoms with Gasteiger partial charge in [-0.3, -0.25) is 19.2 Å². The number of nitrogens with one attached hydrogen (secondary N) is 2. The number of ether oxygens (including phenoxy) is 3. The summed E-state index contributed by atoms with van der Waals surface area (Å²) in [5.41, 5.74) is 9.73. The molecule has 4 N–H and O–H groups in total. The van der Waals surface area contributed by atoms with E-state index in [1.165, 1.54) is 6.92 Å². The Morgan fingerprint density at radius 1 is 0.795 bits per heavy atom. The third-order valence-electron chi connectivity index (χ3n) is 6.95. The molecule has 0 fully saturated rings. The summed E-state index contributed by atoms with van der Waals surface area (Å²) in [6, 6.07) is 19.6. The largest absolute Gasteiger partial charge is 0.382 e. The van der Waals surface area contributed by atoms with Crippen LogP contribution in [0, 0.1) is 5.92 Å². The van der Waals surface area contributed by atoms with Gasteiger partial charge in [0.15, 0.2) is 11.6 Å². The van der Waals surface area contributed by atoms with E-state index in [0.717, 1.165) is 11.1 Å². The lowest BCUT2D eigenvalue weighted by Gasteiger charge is -2.16. The molecule has 10 nitrogen and oxygen atoms in total. The summed E-state index contributed by atoms with van der Waals surface area (Å²) in [4.78, 5) is 48.4. The zero-order valence-electron chi connectivity index (χ0n) is 25.5. The molecule has 0 spiro atoms. The summed E-state index contributed by atoms with van der Waals surface area (Å²) in [5, 5.41) is 5.98. The zero-order valence-corrected chi connectivity index (χ0v) is 25.5. The Balaban J connectivity index is 1.26. The highest BCUT2D eigenvalue weighted by molar-refractivity contribution is 6.12. The first-order valence-corrected chi connectivity index (χ1v) is 14.7. The molecule has 0 radical (unpaired) electrons. The monoisotopic (exact) mass is 603 g/mol. The molecule has 1 atom stereocenters. The lowest BCUT2D eigenvalue weighted by atomic mass is 9.91. The van der Waals surface area contributed by atoms with E-state index >= 15 is 0 Å². The maximum atomic E-state index is 12.7. The van der Waals surface area contributed by atoms with Gasteiger partial charge >= 0.3 is 0 Å². The summed E-state index contributed by atoms with van der Waals surface area (Å²) < 4.78 is 16.5. The van der Waals surface area contributed by atoms with Gasteiger partial charge < -0.3 is 30.6 Å². The Hall–Kier alpha value is -4.38. The van der Waals surface area contributed by atoms with Crippen LogP contribution in [0.1, 0.15) is 58.3 Å². The number of carbonyl (C=O) groups is 4. The van der Waals surface area contributed by atoms with E-state index < -0.39 is 5.91 Å². The molecule has 10 heteroatoms. The van der Waals surface area contributed by atoms with Crippen LogP contribution in [0.3, 0.4) is 0 Å². The fourth-order valence-electron chi connectivity index (χ4n) is 4.37. The van der Waals surface area contributed by atoms with Gasteiger partial charge in [0.1, 0.15) is 6.61 Å². The van der Waals surface area contributed by atoms with Gasteiger partial charge in [-0.25, -0.2) is 0 Å². The molecule has 0 saturated heterocycles. The number of primary amides is 1. The normalized spacial score (nSPS) is 11.5. The standard InChI is InChI=1S/C34H41N3O7/c1-4-23(2)33(40)29-6-5-7-30(32(29)24(3)38)36-16-17-42-18-19-43-20-21-44-22-31(39)37-28-14-12-26(13-15-28)25-8-10-27(11-9-25)34(35)41/h5-15,23,36H,4,16-22H2,1-3H3,(H2,35,41)(H,37,39). The Labute approximate surface area is 258 Å². The van der Waals surface area contributed by atoms with Crippen molar-refractivity contribution in [3.8, 4) is 11.1 Å². The maximum Gasteiger partial charge on any atom is 0.250 e.